The lowest BCUT2D eigenvalue weighted by Gasteiger charge is -2.29. The van der Waals surface area contributed by atoms with Crippen LogP contribution >= 0.6 is 0 Å². The molecular weight excluding hydrogens is 443 g/mol. The van der Waals surface area contributed by atoms with Crippen LogP contribution in [-0.4, -0.2) is 26.9 Å². The van der Waals surface area contributed by atoms with E-state index in [2.05, 4.69) is 10.0 Å². The topological polar surface area (TPSA) is 101 Å². The summed E-state index contributed by atoms with van der Waals surface area (Å²) in [5.74, 6) is -0.368. The standard InChI is InChI=1S/C22H26F3N3O3S/c23-22(24,25)17-8-12-19(13-9-17)32(30,31)28-18-10-6-16(7-11-18)21(29)27-20(14-26)15-4-2-1-3-5-15/h1-5,8-9,12-13,16,18,20,28H,6-7,10-11,14,26H2,(H,27,29)/t16-,18-,20-/m1/s1. The number of nitrogens with one attached hydrogen (secondary N) is 2. The van der Waals surface area contributed by atoms with E-state index >= 15 is 0 Å². The Morgan fingerprint density at radius 1 is 1.00 bits per heavy atom. The van der Waals surface area contributed by atoms with Crippen molar-refractivity contribution in [3.05, 3.63) is 65.7 Å². The molecule has 0 heterocycles. The lowest BCUT2D eigenvalue weighted by molar-refractivity contribution is -0.137. The number of alkyl halides is 3. The van der Waals surface area contributed by atoms with E-state index in [1.165, 1.54) is 0 Å². The average Bonchev–Trinajstić information content (AvgIpc) is 2.77. The van der Waals surface area contributed by atoms with E-state index in [9.17, 15) is 26.4 Å². The van der Waals surface area contributed by atoms with Gasteiger partial charge in [0.05, 0.1) is 16.5 Å². The van der Waals surface area contributed by atoms with E-state index < -0.39 is 21.8 Å². The molecule has 4 N–H and O–H groups in total. The van der Waals surface area contributed by atoms with Crippen LogP contribution in [0.1, 0.15) is 42.9 Å². The maximum absolute atomic E-state index is 12.7. The minimum atomic E-state index is -4.53. The third-order valence-electron chi connectivity index (χ3n) is 5.67. The van der Waals surface area contributed by atoms with Crippen molar-refractivity contribution in [1.29, 1.82) is 0 Å². The number of hydrogen-bond acceptors (Lipinski definition) is 4. The average molecular weight is 470 g/mol. The fourth-order valence-electron chi connectivity index (χ4n) is 3.84. The first-order valence-electron chi connectivity index (χ1n) is 10.3. The van der Waals surface area contributed by atoms with Crippen molar-refractivity contribution >= 4 is 15.9 Å². The summed E-state index contributed by atoms with van der Waals surface area (Å²) in [6.07, 6.45) is -2.62. The van der Waals surface area contributed by atoms with Gasteiger partial charge < -0.3 is 11.1 Å². The zero-order chi connectivity index (χ0) is 23.4. The molecule has 1 amide bonds. The van der Waals surface area contributed by atoms with Crippen molar-refractivity contribution in [2.24, 2.45) is 11.7 Å². The van der Waals surface area contributed by atoms with E-state index in [0.29, 0.717) is 25.7 Å². The molecule has 1 atom stereocenters. The van der Waals surface area contributed by atoms with Crippen LogP contribution in [0.3, 0.4) is 0 Å². The van der Waals surface area contributed by atoms with E-state index in [-0.39, 0.29) is 35.3 Å². The van der Waals surface area contributed by atoms with E-state index in [1.807, 2.05) is 30.3 Å². The lowest BCUT2D eigenvalue weighted by Crippen LogP contribution is -2.42. The van der Waals surface area contributed by atoms with Gasteiger partial charge in [0.15, 0.2) is 0 Å². The van der Waals surface area contributed by atoms with Gasteiger partial charge in [-0.2, -0.15) is 13.2 Å². The Kier molecular flexibility index (Phi) is 7.58. The number of sulfonamides is 1. The number of nitrogens with two attached hydrogens (primary N) is 1. The van der Waals surface area contributed by atoms with Gasteiger partial charge in [0, 0.05) is 18.5 Å². The zero-order valence-corrected chi connectivity index (χ0v) is 18.1. The highest BCUT2D eigenvalue weighted by molar-refractivity contribution is 7.89. The summed E-state index contributed by atoms with van der Waals surface area (Å²) in [7, 11) is -3.95. The molecule has 0 radical (unpaired) electrons. The van der Waals surface area contributed by atoms with Crippen molar-refractivity contribution < 1.29 is 26.4 Å². The van der Waals surface area contributed by atoms with Gasteiger partial charge in [-0.25, -0.2) is 13.1 Å². The molecule has 0 spiro atoms. The summed E-state index contributed by atoms with van der Waals surface area (Å²) >= 11 is 0. The highest BCUT2D eigenvalue weighted by Crippen LogP contribution is 2.30. The molecule has 0 bridgehead atoms. The number of carbonyl (C=O) groups is 1. The summed E-state index contributed by atoms with van der Waals surface area (Å²) in [6.45, 7) is 0.262. The SMILES string of the molecule is NC[C@@H](NC(=O)[C@H]1CC[C@H](NS(=O)(=O)c2ccc(C(F)(F)F)cc2)CC1)c1ccccc1. The summed E-state index contributed by atoms with van der Waals surface area (Å²) in [6, 6.07) is 12.1. The quantitative estimate of drug-likeness (QED) is 0.579. The van der Waals surface area contributed by atoms with Crippen molar-refractivity contribution in [3.8, 4) is 0 Å². The van der Waals surface area contributed by atoms with Gasteiger partial charge in [-0.1, -0.05) is 30.3 Å². The van der Waals surface area contributed by atoms with Crippen LogP contribution < -0.4 is 15.8 Å². The first-order valence-corrected chi connectivity index (χ1v) is 11.8. The third-order valence-corrected chi connectivity index (χ3v) is 7.20. The van der Waals surface area contributed by atoms with Gasteiger partial charge >= 0.3 is 6.18 Å². The summed E-state index contributed by atoms with van der Waals surface area (Å²) < 4.78 is 65.7. The van der Waals surface area contributed by atoms with Crippen LogP contribution in [-0.2, 0) is 21.0 Å². The molecule has 0 unspecified atom stereocenters. The molecule has 6 nitrogen and oxygen atoms in total. The maximum Gasteiger partial charge on any atom is 0.416 e. The summed E-state index contributed by atoms with van der Waals surface area (Å²) in [4.78, 5) is 12.4. The highest BCUT2D eigenvalue weighted by atomic mass is 32.2. The molecule has 0 aliphatic heterocycles. The van der Waals surface area contributed by atoms with Crippen LogP contribution in [0.2, 0.25) is 0 Å². The van der Waals surface area contributed by atoms with Crippen LogP contribution in [0.4, 0.5) is 13.2 Å². The second-order valence-electron chi connectivity index (χ2n) is 7.90. The van der Waals surface area contributed by atoms with Crippen molar-refractivity contribution in [3.63, 3.8) is 0 Å². The second kappa shape index (κ2) is 10.0. The van der Waals surface area contributed by atoms with E-state index in [0.717, 1.165) is 29.8 Å². The second-order valence-corrected chi connectivity index (χ2v) is 9.61. The number of halogens is 3. The first kappa shape index (κ1) is 24.2. The van der Waals surface area contributed by atoms with Gasteiger partial charge in [0.2, 0.25) is 15.9 Å². The first-order chi connectivity index (χ1) is 15.1. The molecule has 10 heteroatoms. The number of hydrogen-bond donors (Lipinski definition) is 3. The number of rotatable bonds is 7. The van der Waals surface area contributed by atoms with Gasteiger partial charge in [-0.3, -0.25) is 4.79 Å². The maximum atomic E-state index is 12.7. The molecule has 3 rings (SSSR count). The molecule has 1 aliphatic rings. The Balaban J connectivity index is 1.54. The molecule has 1 fully saturated rings. The van der Waals surface area contributed by atoms with Crippen molar-refractivity contribution in [1.82, 2.24) is 10.0 Å². The Morgan fingerprint density at radius 3 is 2.12 bits per heavy atom. The number of carbonyl (C=O) groups excluding carboxylic acids is 1. The molecule has 174 valence electrons. The smallest absolute Gasteiger partial charge is 0.348 e. The lowest BCUT2D eigenvalue weighted by atomic mass is 9.85. The van der Waals surface area contributed by atoms with Gasteiger partial charge in [0.25, 0.3) is 0 Å². The molecule has 1 saturated carbocycles. The van der Waals surface area contributed by atoms with Crippen molar-refractivity contribution in [2.45, 2.75) is 48.8 Å². The van der Waals surface area contributed by atoms with E-state index in [1.54, 1.807) is 0 Å². The minimum Gasteiger partial charge on any atom is -0.348 e. The molecule has 1 aliphatic carbocycles. The Bertz CT molecular complexity index is 1000. The molecule has 32 heavy (non-hydrogen) atoms. The Hall–Kier alpha value is -2.43. The Morgan fingerprint density at radius 2 is 1.59 bits per heavy atom. The predicted molar refractivity (Wildman–Crippen MR) is 114 cm³/mol. The van der Waals surface area contributed by atoms with Gasteiger partial charge in [0.1, 0.15) is 0 Å². The molecule has 0 aromatic heterocycles. The van der Waals surface area contributed by atoms with Gasteiger partial charge in [-0.15, -0.1) is 0 Å². The zero-order valence-electron chi connectivity index (χ0n) is 17.3. The predicted octanol–water partition coefficient (Wildman–Crippen LogP) is 3.36. The monoisotopic (exact) mass is 469 g/mol. The van der Waals surface area contributed by atoms with Crippen LogP contribution in [0.5, 0.6) is 0 Å². The largest absolute Gasteiger partial charge is 0.416 e. The number of amides is 1. The fraction of sp³-hybridized carbons (Fsp3) is 0.409. The molecule has 2 aromatic rings. The Labute approximate surface area is 185 Å². The van der Waals surface area contributed by atoms with Crippen LogP contribution in [0, 0.1) is 5.92 Å². The molecule has 2 aromatic carbocycles. The number of benzene rings is 2. The minimum absolute atomic E-state index is 0.117. The summed E-state index contributed by atoms with van der Waals surface area (Å²) in [5.41, 5.74) is 5.82. The highest BCUT2D eigenvalue weighted by Gasteiger charge is 2.32. The van der Waals surface area contributed by atoms with Crippen molar-refractivity contribution in [2.75, 3.05) is 6.54 Å². The third kappa shape index (κ3) is 6.08. The molecular formula is C22H26F3N3O3S. The van der Waals surface area contributed by atoms with Crippen LogP contribution in [0.25, 0.3) is 0 Å². The normalized spacial score (nSPS) is 20.5. The van der Waals surface area contributed by atoms with Gasteiger partial charge in [-0.05, 0) is 55.5 Å². The van der Waals surface area contributed by atoms with Crippen LogP contribution in [0.15, 0.2) is 59.5 Å². The van der Waals surface area contributed by atoms with E-state index in [4.69, 9.17) is 5.73 Å². The summed E-state index contributed by atoms with van der Waals surface area (Å²) in [5, 5.41) is 2.96. The fourth-order valence-corrected chi connectivity index (χ4v) is 5.14. The molecule has 0 saturated heterocycles.